The molecule has 2 saturated carbocycles. The van der Waals surface area contributed by atoms with E-state index in [9.17, 15) is 18.4 Å². The van der Waals surface area contributed by atoms with Gasteiger partial charge in [-0.05, 0) is 106 Å². The average molecular weight is 553 g/mol. The molecule has 0 N–H and O–H groups in total. The summed E-state index contributed by atoms with van der Waals surface area (Å²) in [6.07, 6.45) is 7.38. The Bertz CT molecular complexity index is 891. The zero-order valence-corrected chi connectivity index (χ0v) is 23.8. The zero-order valence-electron chi connectivity index (χ0n) is 23.8. The van der Waals surface area contributed by atoms with Gasteiger partial charge in [-0.1, -0.05) is 51.7 Å². The van der Waals surface area contributed by atoms with Crippen molar-refractivity contribution in [2.45, 2.75) is 153 Å². The molecule has 1 aromatic rings. The van der Waals surface area contributed by atoms with Crippen molar-refractivity contribution < 1.29 is 32.2 Å². The van der Waals surface area contributed by atoms with Gasteiger partial charge < -0.3 is 9.47 Å². The summed E-state index contributed by atoms with van der Waals surface area (Å²) in [5.74, 6) is -1.47. The lowest BCUT2D eigenvalue weighted by molar-refractivity contribution is -0.157. The summed E-state index contributed by atoms with van der Waals surface area (Å²) < 4.78 is 54.1. The van der Waals surface area contributed by atoms with Crippen LogP contribution in [0.3, 0.4) is 0 Å². The van der Waals surface area contributed by atoms with Crippen LogP contribution in [0.4, 0.5) is 13.2 Å². The fourth-order valence-corrected chi connectivity index (χ4v) is 5.99. The van der Waals surface area contributed by atoms with Gasteiger partial charge in [-0.3, -0.25) is 0 Å². The van der Waals surface area contributed by atoms with Gasteiger partial charge in [0.2, 0.25) is 0 Å². The van der Waals surface area contributed by atoms with Gasteiger partial charge in [0.15, 0.2) is 12.3 Å². The number of halogens is 3. The molecule has 3 rings (SSSR count). The quantitative estimate of drug-likeness (QED) is 0.171. The first-order valence-corrected chi connectivity index (χ1v) is 15.3. The lowest BCUT2D eigenvalue weighted by atomic mass is 9.79. The third kappa shape index (κ3) is 9.82. The highest BCUT2D eigenvalue weighted by Gasteiger charge is 2.31. The molecule has 0 amide bonds. The number of benzene rings is 1. The highest BCUT2D eigenvalue weighted by Crippen LogP contribution is 2.39. The van der Waals surface area contributed by atoms with Crippen LogP contribution in [0.2, 0.25) is 0 Å². The molecule has 0 radical (unpaired) electrons. The molecule has 2 atom stereocenters. The first kappa shape index (κ1) is 31.5. The second-order valence-corrected chi connectivity index (χ2v) is 11.5. The Morgan fingerprint density at radius 3 is 1.64 bits per heavy atom. The monoisotopic (exact) mass is 552 g/mol. The second kappa shape index (κ2) is 16.3. The number of ether oxygens (including phenoxy) is 2. The number of hydrogen-bond donors (Lipinski definition) is 0. The van der Waals surface area contributed by atoms with E-state index < -0.39 is 24.3 Å². The molecular weight excluding hydrogens is 505 g/mol. The molecule has 0 aromatic heterocycles. The number of unbranched alkanes of at least 4 members (excludes halogenated alkanes) is 4. The maximum absolute atomic E-state index is 15.2. The second-order valence-electron chi connectivity index (χ2n) is 11.5. The van der Waals surface area contributed by atoms with Crippen molar-refractivity contribution in [2.24, 2.45) is 0 Å². The smallest absolute Gasteiger partial charge is 0.340 e. The van der Waals surface area contributed by atoms with Crippen molar-refractivity contribution in [3.8, 4) is 0 Å². The Labute approximate surface area is 232 Å². The molecule has 0 heterocycles. The minimum atomic E-state index is -1.56. The number of rotatable bonds is 14. The van der Waals surface area contributed by atoms with Gasteiger partial charge >= 0.3 is 11.9 Å². The molecule has 0 saturated heterocycles. The molecule has 39 heavy (non-hydrogen) atoms. The third-order valence-electron chi connectivity index (χ3n) is 8.48. The molecule has 1 aromatic carbocycles. The average Bonchev–Trinajstić information content (AvgIpc) is 2.94. The van der Waals surface area contributed by atoms with Crippen LogP contribution in [0.25, 0.3) is 0 Å². The summed E-state index contributed by atoms with van der Waals surface area (Å²) in [6.45, 7) is 4.07. The molecule has 2 aliphatic carbocycles. The number of carbonyl (C=O) groups excluding carboxylic acids is 2. The number of hydrogen-bond acceptors (Lipinski definition) is 4. The van der Waals surface area contributed by atoms with Crippen molar-refractivity contribution in [2.75, 3.05) is 0 Å². The van der Waals surface area contributed by atoms with E-state index in [2.05, 4.69) is 0 Å². The molecular formula is C32H47F3O4. The van der Waals surface area contributed by atoms with Crippen LogP contribution in [0.1, 0.15) is 140 Å². The van der Waals surface area contributed by atoms with E-state index >= 15 is 4.39 Å². The fraction of sp³-hybridized carbons (Fsp3) is 0.750. The summed E-state index contributed by atoms with van der Waals surface area (Å²) in [6, 6.07) is 5.51. The van der Waals surface area contributed by atoms with Crippen molar-refractivity contribution >= 4 is 11.9 Å². The van der Waals surface area contributed by atoms with Crippen molar-refractivity contribution in [1.82, 2.24) is 0 Å². The molecule has 7 heteroatoms. The van der Waals surface area contributed by atoms with Gasteiger partial charge in [0.25, 0.3) is 0 Å². The van der Waals surface area contributed by atoms with Crippen LogP contribution in [-0.4, -0.2) is 36.5 Å². The highest BCUT2D eigenvalue weighted by molar-refractivity contribution is 5.75. The van der Waals surface area contributed by atoms with Crippen molar-refractivity contribution in [3.05, 3.63) is 35.1 Å². The Morgan fingerprint density at radius 2 is 1.21 bits per heavy atom. The third-order valence-corrected chi connectivity index (χ3v) is 8.48. The maximum atomic E-state index is 15.2. The molecule has 0 unspecified atom stereocenters. The first-order valence-electron chi connectivity index (χ1n) is 15.3. The molecule has 220 valence electrons. The lowest BCUT2D eigenvalue weighted by Crippen LogP contribution is -2.29. The van der Waals surface area contributed by atoms with E-state index in [4.69, 9.17) is 9.47 Å². The number of carbonyl (C=O) groups is 2. The van der Waals surface area contributed by atoms with Gasteiger partial charge in [-0.15, -0.1) is 0 Å². The summed E-state index contributed by atoms with van der Waals surface area (Å²) in [7, 11) is 0. The summed E-state index contributed by atoms with van der Waals surface area (Å²) in [5, 5.41) is 0. The fourth-order valence-electron chi connectivity index (χ4n) is 5.99. The molecule has 2 aliphatic rings. The van der Waals surface area contributed by atoms with Crippen LogP contribution >= 0.6 is 0 Å². The molecule has 0 aliphatic heterocycles. The van der Waals surface area contributed by atoms with E-state index in [1.807, 2.05) is 26.0 Å². The van der Waals surface area contributed by atoms with Crippen LogP contribution in [-0.2, 0) is 19.1 Å². The zero-order chi connectivity index (χ0) is 28.2. The van der Waals surface area contributed by atoms with Gasteiger partial charge in [0, 0.05) is 0 Å². The Kier molecular flexibility index (Phi) is 13.1. The van der Waals surface area contributed by atoms with Gasteiger partial charge in [0.1, 0.15) is 18.0 Å². The molecule has 2 fully saturated rings. The standard InChI is InChI=1S/C32H47F3O4/c1-3-5-7-9-28(33)31(36)38-25-16-11-22(12-17-25)24-15-20-27(30(35)21-24)23-13-18-26(19-14-23)39-32(37)29(34)10-8-6-4-2/h15,20-23,25-26,28-29H,3-14,16-19H2,1-2H3/t22-,23-,25-,26-,28-,29-/m0/s1. The Balaban J connectivity index is 1.42. The van der Waals surface area contributed by atoms with Crippen LogP contribution < -0.4 is 0 Å². The maximum Gasteiger partial charge on any atom is 0.340 e. The Morgan fingerprint density at radius 1 is 0.744 bits per heavy atom. The van der Waals surface area contributed by atoms with Crippen LogP contribution in [0, 0.1) is 5.82 Å². The van der Waals surface area contributed by atoms with E-state index in [-0.39, 0.29) is 42.7 Å². The lowest BCUT2D eigenvalue weighted by Gasteiger charge is -2.31. The molecule has 0 spiro atoms. The summed E-state index contributed by atoms with van der Waals surface area (Å²) >= 11 is 0. The SMILES string of the molecule is CCCCC[C@H](F)C(=O)O[C@H]1CC[C@H](c2ccc([C@H]3CC[C@H](OC(=O)[C@@H](F)CCCCC)CC3)c(F)c2)CC1. The van der Waals surface area contributed by atoms with Gasteiger partial charge in [-0.25, -0.2) is 22.8 Å². The molecule has 0 bridgehead atoms. The van der Waals surface area contributed by atoms with E-state index in [1.165, 1.54) is 0 Å². The van der Waals surface area contributed by atoms with E-state index in [1.54, 1.807) is 6.07 Å². The summed E-state index contributed by atoms with van der Waals surface area (Å²) in [4.78, 5) is 24.1. The van der Waals surface area contributed by atoms with Gasteiger partial charge in [0.05, 0.1) is 0 Å². The summed E-state index contributed by atoms with van der Waals surface area (Å²) in [5.41, 5.74) is 1.63. The predicted molar refractivity (Wildman–Crippen MR) is 147 cm³/mol. The number of alkyl halides is 2. The largest absolute Gasteiger partial charge is 0.460 e. The first-order chi connectivity index (χ1) is 18.8. The van der Waals surface area contributed by atoms with Gasteiger partial charge in [-0.2, -0.15) is 0 Å². The van der Waals surface area contributed by atoms with Crippen molar-refractivity contribution in [3.63, 3.8) is 0 Å². The molecule has 4 nitrogen and oxygen atoms in total. The predicted octanol–water partition coefficient (Wildman–Crippen LogP) is 8.80. The van der Waals surface area contributed by atoms with E-state index in [0.29, 0.717) is 56.9 Å². The minimum Gasteiger partial charge on any atom is -0.460 e. The highest BCUT2D eigenvalue weighted by atomic mass is 19.1. The minimum absolute atomic E-state index is 0.0563. The topological polar surface area (TPSA) is 52.6 Å². The van der Waals surface area contributed by atoms with Crippen LogP contribution in [0.5, 0.6) is 0 Å². The number of esters is 2. The Hall–Kier alpha value is -2.05. The van der Waals surface area contributed by atoms with E-state index in [0.717, 1.165) is 44.1 Å². The van der Waals surface area contributed by atoms with Crippen LogP contribution in [0.15, 0.2) is 18.2 Å². The normalized spacial score (nSPS) is 25.1. The van der Waals surface area contributed by atoms with Crippen molar-refractivity contribution in [1.29, 1.82) is 0 Å².